The number of nitrogens with zero attached hydrogens (tertiary/aromatic N) is 2. The number of pyridine rings is 1. The van der Waals surface area contributed by atoms with Crippen molar-refractivity contribution in [1.82, 2.24) is 10.3 Å². The van der Waals surface area contributed by atoms with Crippen LogP contribution >= 0.6 is 0 Å². The summed E-state index contributed by atoms with van der Waals surface area (Å²) in [5, 5.41) is 13.2. The molecular formula is C13H12N4O3. The quantitative estimate of drug-likeness (QED) is 0.647. The minimum Gasteiger partial charge on any atom is -0.399 e. The minimum atomic E-state index is -0.473. The van der Waals surface area contributed by atoms with E-state index in [9.17, 15) is 14.9 Å². The van der Waals surface area contributed by atoms with Gasteiger partial charge in [-0.05, 0) is 17.7 Å². The van der Waals surface area contributed by atoms with Crippen molar-refractivity contribution in [3.05, 3.63) is 64.0 Å². The first kappa shape index (κ1) is 13.5. The number of hydrogen-bond acceptors (Lipinski definition) is 5. The lowest BCUT2D eigenvalue weighted by atomic mass is 10.2. The minimum absolute atomic E-state index is 0.0116. The zero-order valence-corrected chi connectivity index (χ0v) is 10.4. The Bertz CT molecular complexity index is 640. The van der Waals surface area contributed by atoms with Gasteiger partial charge in [0, 0.05) is 30.6 Å². The maximum atomic E-state index is 11.8. The summed E-state index contributed by atoms with van der Waals surface area (Å²) in [7, 11) is 0. The van der Waals surface area contributed by atoms with Crippen molar-refractivity contribution >= 4 is 17.3 Å². The molecule has 7 nitrogen and oxygen atoms in total. The van der Waals surface area contributed by atoms with E-state index in [-0.39, 0.29) is 23.8 Å². The van der Waals surface area contributed by atoms with Crippen molar-refractivity contribution in [2.24, 2.45) is 0 Å². The first-order valence-electron chi connectivity index (χ1n) is 5.79. The molecular weight excluding hydrogens is 260 g/mol. The number of non-ortho nitro benzene ring substituents is 1. The van der Waals surface area contributed by atoms with Crippen molar-refractivity contribution in [1.29, 1.82) is 0 Å². The number of anilines is 1. The highest BCUT2D eigenvalue weighted by Crippen LogP contribution is 2.11. The van der Waals surface area contributed by atoms with Gasteiger partial charge in [0.1, 0.15) is 5.69 Å². The molecule has 0 aliphatic heterocycles. The third-order valence-electron chi connectivity index (χ3n) is 2.62. The average molecular weight is 272 g/mol. The Labute approximate surface area is 114 Å². The van der Waals surface area contributed by atoms with Crippen LogP contribution in [0.2, 0.25) is 0 Å². The Morgan fingerprint density at radius 1 is 1.30 bits per heavy atom. The molecule has 0 spiro atoms. The van der Waals surface area contributed by atoms with Gasteiger partial charge in [-0.1, -0.05) is 12.1 Å². The molecule has 0 bridgehead atoms. The van der Waals surface area contributed by atoms with Crippen LogP contribution in [-0.4, -0.2) is 15.8 Å². The van der Waals surface area contributed by atoms with Gasteiger partial charge in [0.15, 0.2) is 0 Å². The van der Waals surface area contributed by atoms with Crippen molar-refractivity contribution < 1.29 is 9.72 Å². The lowest BCUT2D eigenvalue weighted by molar-refractivity contribution is -0.384. The molecule has 0 unspecified atom stereocenters. The fourth-order valence-electron chi connectivity index (χ4n) is 1.58. The Kier molecular flexibility index (Phi) is 3.90. The molecule has 0 saturated heterocycles. The summed E-state index contributed by atoms with van der Waals surface area (Å²) < 4.78 is 0. The van der Waals surface area contributed by atoms with Crippen molar-refractivity contribution in [3.8, 4) is 0 Å². The van der Waals surface area contributed by atoms with E-state index in [2.05, 4.69) is 10.3 Å². The number of nitro benzene ring substituents is 1. The second kappa shape index (κ2) is 5.79. The second-order valence-electron chi connectivity index (χ2n) is 4.08. The first-order valence-corrected chi connectivity index (χ1v) is 5.79. The molecule has 1 aromatic carbocycles. The van der Waals surface area contributed by atoms with Crippen LogP contribution < -0.4 is 11.1 Å². The predicted octanol–water partition coefficient (Wildman–Crippen LogP) is 1.50. The summed E-state index contributed by atoms with van der Waals surface area (Å²) in [5.41, 5.74) is 7.02. The van der Waals surface area contributed by atoms with Gasteiger partial charge < -0.3 is 11.1 Å². The number of rotatable bonds is 4. The van der Waals surface area contributed by atoms with Crippen LogP contribution in [-0.2, 0) is 6.54 Å². The second-order valence-corrected chi connectivity index (χ2v) is 4.08. The average Bonchev–Trinajstić information content (AvgIpc) is 2.45. The van der Waals surface area contributed by atoms with Crippen LogP contribution in [0.4, 0.5) is 11.4 Å². The molecule has 1 aromatic heterocycles. The Balaban J connectivity index is 1.98. The highest BCUT2D eigenvalue weighted by atomic mass is 16.6. The number of nitrogens with one attached hydrogen (secondary N) is 1. The third kappa shape index (κ3) is 3.29. The van der Waals surface area contributed by atoms with Crippen molar-refractivity contribution in [3.63, 3.8) is 0 Å². The number of carbonyl (C=O) groups is 1. The van der Waals surface area contributed by atoms with E-state index in [0.717, 1.165) is 5.56 Å². The van der Waals surface area contributed by atoms with E-state index >= 15 is 0 Å². The molecule has 1 heterocycles. The Morgan fingerprint density at radius 2 is 2.00 bits per heavy atom. The molecule has 0 atom stereocenters. The molecule has 2 rings (SSSR count). The van der Waals surface area contributed by atoms with Crippen molar-refractivity contribution in [2.75, 3.05) is 5.73 Å². The van der Waals surface area contributed by atoms with Gasteiger partial charge in [-0.2, -0.15) is 0 Å². The smallest absolute Gasteiger partial charge is 0.270 e. The first-order chi connectivity index (χ1) is 9.56. The summed E-state index contributed by atoms with van der Waals surface area (Å²) >= 11 is 0. The van der Waals surface area contributed by atoms with Crippen LogP contribution in [0.1, 0.15) is 16.1 Å². The number of benzene rings is 1. The highest BCUT2D eigenvalue weighted by Gasteiger charge is 2.08. The molecule has 0 saturated carbocycles. The predicted molar refractivity (Wildman–Crippen MR) is 72.9 cm³/mol. The molecule has 2 aromatic rings. The van der Waals surface area contributed by atoms with Gasteiger partial charge in [-0.3, -0.25) is 19.9 Å². The molecule has 20 heavy (non-hydrogen) atoms. The SMILES string of the molecule is Nc1ccnc(C(=O)NCc2ccc([N+](=O)[O-])cc2)c1. The van der Waals surface area contributed by atoms with Crippen LogP contribution in [0, 0.1) is 10.1 Å². The van der Waals surface area contributed by atoms with E-state index in [0.29, 0.717) is 5.69 Å². The molecule has 102 valence electrons. The number of amides is 1. The third-order valence-corrected chi connectivity index (χ3v) is 2.62. The van der Waals surface area contributed by atoms with Gasteiger partial charge in [0.2, 0.25) is 0 Å². The number of nitrogen functional groups attached to an aromatic ring is 1. The topological polar surface area (TPSA) is 111 Å². The maximum Gasteiger partial charge on any atom is 0.270 e. The van der Waals surface area contributed by atoms with Gasteiger partial charge in [0.25, 0.3) is 11.6 Å². The van der Waals surface area contributed by atoms with E-state index in [1.165, 1.54) is 24.4 Å². The molecule has 0 aliphatic rings. The summed E-state index contributed by atoms with van der Waals surface area (Å²) in [6.45, 7) is 0.257. The molecule has 3 N–H and O–H groups in total. The summed E-state index contributed by atoms with van der Waals surface area (Å²) in [5.74, 6) is -0.351. The normalized spacial score (nSPS) is 10.0. The van der Waals surface area contributed by atoms with Crippen LogP contribution in [0.3, 0.4) is 0 Å². The number of aromatic nitrogens is 1. The largest absolute Gasteiger partial charge is 0.399 e. The van der Waals surface area contributed by atoms with Gasteiger partial charge >= 0.3 is 0 Å². The zero-order chi connectivity index (χ0) is 14.5. The molecule has 1 amide bonds. The van der Waals surface area contributed by atoms with Crippen LogP contribution in [0.5, 0.6) is 0 Å². The summed E-state index contributed by atoms with van der Waals surface area (Å²) in [4.78, 5) is 25.8. The molecule has 0 aliphatic carbocycles. The number of nitro groups is 1. The van der Waals surface area contributed by atoms with Crippen LogP contribution in [0.25, 0.3) is 0 Å². The fraction of sp³-hybridized carbons (Fsp3) is 0.0769. The number of nitrogens with two attached hydrogens (primary N) is 1. The standard InChI is InChI=1S/C13H12N4O3/c14-10-5-6-15-12(7-10)13(18)16-8-9-1-3-11(4-2-9)17(19)20/h1-7H,8H2,(H2,14,15)(H,16,18). The highest BCUT2D eigenvalue weighted by molar-refractivity contribution is 5.92. The lowest BCUT2D eigenvalue weighted by Crippen LogP contribution is -2.23. The summed E-state index contributed by atoms with van der Waals surface area (Å²) in [6, 6.07) is 9.02. The maximum absolute atomic E-state index is 11.8. The van der Waals surface area contributed by atoms with Crippen LogP contribution in [0.15, 0.2) is 42.6 Å². The zero-order valence-electron chi connectivity index (χ0n) is 10.4. The Hall–Kier alpha value is -2.96. The fourth-order valence-corrected chi connectivity index (χ4v) is 1.58. The monoisotopic (exact) mass is 272 g/mol. The van der Waals surface area contributed by atoms with Crippen molar-refractivity contribution in [2.45, 2.75) is 6.54 Å². The molecule has 0 radical (unpaired) electrons. The summed E-state index contributed by atoms with van der Waals surface area (Å²) in [6.07, 6.45) is 1.45. The van der Waals surface area contributed by atoms with E-state index in [1.807, 2.05) is 0 Å². The van der Waals surface area contributed by atoms with Gasteiger partial charge in [-0.15, -0.1) is 0 Å². The van der Waals surface area contributed by atoms with E-state index in [1.54, 1.807) is 18.2 Å². The van der Waals surface area contributed by atoms with E-state index in [4.69, 9.17) is 5.73 Å². The van der Waals surface area contributed by atoms with Gasteiger partial charge in [0.05, 0.1) is 4.92 Å². The van der Waals surface area contributed by atoms with E-state index < -0.39 is 4.92 Å². The molecule has 7 heteroatoms. The number of hydrogen-bond donors (Lipinski definition) is 2. The number of carbonyl (C=O) groups excluding carboxylic acids is 1. The Morgan fingerprint density at radius 3 is 2.60 bits per heavy atom. The van der Waals surface area contributed by atoms with Gasteiger partial charge in [-0.25, -0.2) is 0 Å². The lowest BCUT2D eigenvalue weighted by Gasteiger charge is -2.05. The molecule has 0 fully saturated rings.